The summed E-state index contributed by atoms with van der Waals surface area (Å²) in [5.41, 5.74) is -2.16. The molecule has 0 saturated carbocycles. The Morgan fingerprint density at radius 1 is 1.40 bits per heavy atom. The van der Waals surface area contributed by atoms with E-state index in [4.69, 9.17) is 0 Å². The minimum atomic E-state index is -4.41. The van der Waals surface area contributed by atoms with Gasteiger partial charge in [0.25, 0.3) is 0 Å². The molecule has 0 aromatic heterocycles. The smallest absolute Gasteiger partial charge is 0.302 e. The lowest BCUT2D eigenvalue weighted by Crippen LogP contribution is -2.35. The molecule has 4 heteroatoms. The molecule has 1 nitrogen and oxygen atoms in total. The first-order valence-corrected chi connectivity index (χ1v) is 2.90. The maximum atomic E-state index is 11.9. The molecule has 0 fully saturated rings. The predicted octanol–water partition coefficient (Wildman–Crippen LogP) is 2.16. The van der Waals surface area contributed by atoms with Gasteiger partial charge in [-0.05, 0) is 13.3 Å². The fraction of sp³-hybridized carbons (Fsp3) is 0.833. The first kappa shape index (κ1) is 9.46. The van der Waals surface area contributed by atoms with E-state index in [2.05, 4.69) is 0 Å². The van der Waals surface area contributed by atoms with Gasteiger partial charge in [-0.3, -0.25) is 0 Å². The quantitative estimate of drug-likeness (QED) is 0.557. The zero-order valence-electron chi connectivity index (χ0n) is 5.83. The number of hydrogen-bond acceptors (Lipinski definition) is 1. The largest absolute Gasteiger partial charge is 0.400 e. The Labute approximate surface area is 57.2 Å². The van der Waals surface area contributed by atoms with Crippen molar-refractivity contribution in [3.8, 4) is 0 Å². The van der Waals surface area contributed by atoms with Crippen LogP contribution >= 0.6 is 0 Å². The first-order chi connectivity index (χ1) is 4.37. The van der Waals surface area contributed by atoms with Crippen molar-refractivity contribution in [2.75, 3.05) is 0 Å². The van der Waals surface area contributed by atoms with E-state index in [9.17, 15) is 18.0 Å². The Bertz CT molecular complexity index is 129. The summed E-state index contributed by atoms with van der Waals surface area (Å²) >= 11 is 0. The Morgan fingerprint density at radius 3 is 1.80 bits per heavy atom. The van der Waals surface area contributed by atoms with Crippen LogP contribution in [-0.4, -0.2) is 12.5 Å². The molecule has 10 heavy (non-hydrogen) atoms. The second-order valence-electron chi connectivity index (χ2n) is 2.39. The molecule has 0 radical (unpaired) electrons. The maximum Gasteiger partial charge on any atom is 0.400 e. The summed E-state index contributed by atoms with van der Waals surface area (Å²) in [6.45, 7) is 2.22. The lowest BCUT2D eigenvalue weighted by molar-refractivity contribution is -0.209. The van der Waals surface area contributed by atoms with Crippen LogP contribution in [0.2, 0.25) is 0 Å². The van der Waals surface area contributed by atoms with Gasteiger partial charge < -0.3 is 4.79 Å². The zero-order valence-corrected chi connectivity index (χ0v) is 5.83. The molecule has 0 unspecified atom stereocenters. The van der Waals surface area contributed by atoms with Gasteiger partial charge in [0.1, 0.15) is 11.7 Å². The van der Waals surface area contributed by atoms with E-state index >= 15 is 0 Å². The average molecular weight is 154 g/mol. The van der Waals surface area contributed by atoms with Crippen molar-refractivity contribution < 1.29 is 18.0 Å². The molecule has 0 aliphatic heterocycles. The highest BCUT2D eigenvalue weighted by Gasteiger charge is 2.49. The van der Waals surface area contributed by atoms with Gasteiger partial charge in [0.2, 0.25) is 0 Å². The van der Waals surface area contributed by atoms with Crippen LogP contribution in [0.1, 0.15) is 20.3 Å². The van der Waals surface area contributed by atoms with E-state index in [-0.39, 0.29) is 12.7 Å². The highest BCUT2D eigenvalue weighted by atomic mass is 19.4. The summed E-state index contributed by atoms with van der Waals surface area (Å²) in [6, 6.07) is 0. The second kappa shape index (κ2) is 2.60. The first-order valence-electron chi connectivity index (χ1n) is 2.90. The molecule has 0 rings (SSSR count). The van der Waals surface area contributed by atoms with Gasteiger partial charge in [0, 0.05) is 0 Å². The van der Waals surface area contributed by atoms with Gasteiger partial charge in [-0.1, -0.05) is 6.92 Å². The normalized spacial score (nSPS) is 18.1. The molecule has 0 spiro atoms. The van der Waals surface area contributed by atoms with Crippen LogP contribution in [0.5, 0.6) is 0 Å². The van der Waals surface area contributed by atoms with Crippen LogP contribution in [0.15, 0.2) is 0 Å². The molecule has 0 bridgehead atoms. The van der Waals surface area contributed by atoms with Crippen molar-refractivity contribution in [1.82, 2.24) is 0 Å². The van der Waals surface area contributed by atoms with E-state index in [0.717, 1.165) is 6.92 Å². The second-order valence-corrected chi connectivity index (χ2v) is 2.39. The summed E-state index contributed by atoms with van der Waals surface area (Å²) in [7, 11) is 0. The van der Waals surface area contributed by atoms with Crippen molar-refractivity contribution in [2.45, 2.75) is 26.4 Å². The lowest BCUT2D eigenvalue weighted by Gasteiger charge is -2.23. The number of carbonyl (C=O) groups excluding carboxylic acids is 1. The third-order valence-electron chi connectivity index (χ3n) is 1.64. The van der Waals surface area contributed by atoms with Crippen molar-refractivity contribution in [1.29, 1.82) is 0 Å². The van der Waals surface area contributed by atoms with Gasteiger partial charge in [-0.2, -0.15) is 13.2 Å². The molecular formula is C6H9F3O. The average Bonchev–Trinajstić information content (AvgIpc) is 1.84. The van der Waals surface area contributed by atoms with E-state index in [1.807, 2.05) is 0 Å². The third-order valence-corrected chi connectivity index (χ3v) is 1.64. The number of rotatable bonds is 2. The summed E-state index contributed by atoms with van der Waals surface area (Å²) in [5.74, 6) is 0. The van der Waals surface area contributed by atoms with Crippen LogP contribution in [0.4, 0.5) is 13.2 Å². The Kier molecular flexibility index (Phi) is 2.46. The van der Waals surface area contributed by atoms with Crippen LogP contribution in [0.25, 0.3) is 0 Å². The number of aldehydes is 1. The van der Waals surface area contributed by atoms with Crippen molar-refractivity contribution in [3.63, 3.8) is 0 Å². The van der Waals surface area contributed by atoms with Gasteiger partial charge >= 0.3 is 6.18 Å². The predicted molar refractivity (Wildman–Crippen MR) is 30.5 cm³/mol. The Morgan fingerprint density at radius 2 is 1.80 bits per heavy atom. The molecule has 0 aromatic rings. The number of halogens is 3. The number of alkyl halides is 3. The molecule has 0 amide bonds. The van der Waals surface area contributed by atoms with Gasteiger partial charge in [0.05, 0.1) is 0 Å². The van der Waals surface area contributed by atoms with Gasteiger partial charge in [-0.25, -0.2) is 0 Å². The molecule has 0 aromatic carbocycles. The summed E-state index contributed by atoms with van der Waals surface area (Å²) in [5, 5.41) is 0. The highest BCUT2D eigenvalue weighted by Crippen LogP contribution is 2.38. The third kappa shape index (κ3) is 1.49. The van der Waals surface area contributed by atoms with Crippen LogP contribution in [0.3, 0.4) is 0 Å². The molecule has 0 aliphatic carbocycles. The van der Waals surface area contributed by atoms with Crippen LogP contribution in [0, 0.1) is 5.41 Å². The SMILES string of the molecule is CC[C@](C)(C=O)C(F)(F)F. The van der Waals surface area contributed by atoms with Gasteiger partial charge in [0.15, 0.2) is 0 Å². The zero-order chi connectivity index (χ0) is 8.41. The lowest BCUT2D eigenvalue weighted by atomic mass is 9.89. The summed E-state index contributed by atoms with van der Waals surface area (Å²) < 4.78 is 35.6. The van der Waals surface area contributed by atoms with Crippen LogP contribution in [-0.2, 0) is 4.79 Å². The minimum Gasteiger partial charge on any atom is -0.302 e. The van der Waals surface area contributed by atoms with Crippen molar-refractivity contribution in [2.24, 2.45) is 5.41 Å². The highest BCUT2D eigenvalue weighted by molar-refractivity contribution is 5.59. The Balaban J connectivity index is 4.48. The minimum absolute atomic E-state index is 0.0486. The van der Waals surface area contributed by atoms with E-state index in [0.29, 0.717) is 0 Å². The number of carbonyl (C=O) groups is 1. The molecular weight excluding hydrogens is 145 g/mol. The summed E-state index contributed by atoms with van der Waals surface area (Å²) in [4.78, 5) is 9.98. The topological polar surface area (TPSA) is 17.1 Å². The molecule has 1 atom stereocenters. The molecule has 0 N–H and O–H groups in total. The van der Waals surface area contributed by atoms with Gasteiger partial charge in [-0.15, -0.1) is 0 Å². The van der Waals surface area contributed by atoms with E-state index in [1.54, 1.807) is 0 Å². The fourth-order valence-corrected chi connectivity index (χ4v) is 0.351. The van der Waals surface area contributed by atoms with Crippen LogP contribution < -0.4 is 0 Å². The van der Waals surface area contributed by atoms with Crippen molar-refractivity contribution in [3.05, 3.63) is 0 Å². The standard InChI is InChI=1S/C6H9F3O/c1-3-5(2,4-10)6(7,8)9/h4H,3H2,1-2H3/t5-/m1/s1. The van der Waals surface area contributed by atoms with E-state index < -0.39 is 11.6 Å². The van der Waals surface area contributed by atoms with Crippen molar-refractivity contribution >= 4 is 6.29 Å². The Hall–Kier alpha value is -0.540. The molecule has 0 saturated heterocycles. The van der Waals surface area contributed by atoms with E-state index in [1.165, 1.54) is 6.92 Å². The summed E-state index contributed by atoms with van der Waals surface area (Å²) in [6.07, 6.45) is -4.67. The molecule has 0 heterocycles. The number of hydrogen-bond donors (Lipinski definition) is 0. The molecule has 0 aliphatic rings. The fourth-order valence-electron chi connectivity index (χ4n) is 0.351. The monoisotopic (exact) mass is 154 g/mol. The molecule has 60 valence electrons. The maximum absolute atomic E-state index is 11.9.